The highest BCUT2D eigenvalue weighted by molar-refractivity contribution is 14.1. The summed E-state index contributed by atoms with van der Waals surface area (Å²) in [6, 6.07) is 7.12. The summed E-state index contributed by atoms with van der Waals surface area (Å²) in [6.07, 6.45) is -1.09. The van der Waals surface area contributed by atoms with E-state index in [1.165, 1.54) is 52.3 Å². The molecule has 1 fully saturated rings. The SMILES string of the molecule is C[C@@H]1c2c(C(F)F)nn(CC(=O)N/C(=C\c3cc(F)cc(F)c3)c3nc(C#CC(C)(C)S(=O)(=O)C4CC4)c(I)cc3-c3ccc(Cl)c4c(Nc5nnc(C(C)(C)O)o5)nn(C)c34)c2C(F)(F)[C@@H]1C. The highest BCUT2D eigenvalue weighted by atomic mass is 127. The van der Waals surface area contributed by atoms with Gasteiger partial charge in [0.05, 0.1) is 32.6 Å². The summed E-state index contributed by atoms with van der Waals surface area (Å²) in [4.78, 5) is 19.1. The van der Waals surface area contributed by atoms with Crippen molar-refractivity contribution in [3.63, 3.8) is 0 Å². The molecule has 0 radical (unpaired) electrons. The van der Waals surface area contributed by atoms with E-state index in [4.69, 9.17) is 21.0 Å². The highest BCUT2D eigenvalue weighted by Crippen LogP contribution is 2.54. The number of carbonyl (C=O) groups excluding carboxylic acids is 1. The Morgan fingerprint density at radius 1 is 1.07 bits per heavy atom. The van der Waals surface area contributed by atoms with Crippen LogP contribution in [0.1, 0.15) is 107 Å². The number of alkyl halides is 4. The number of pyridine rings is 1. The summed E-state index contributed by atoms with van der Waals surface area (Å²) in [5, 5.41) is 32.1. The normalized spacial score (nSPS) is 17.4. The van der Waals surface area contributed by atoms with Crippen molar-refractivity contribution in [3.05, 3.63) is 96.4 Å². The minimum absolute atomic E-state index is 0.0136. The minimum atomic E-state index is -3.71. The number of anilines is 2. The molecule has 68 heavy (non-hydrogen) atoms. The first-order valence-electron chi connectivity index (χ1n) is 20.9. The molecule has 2 atom stereocenters. The number of fused-ring (bicyclic) bond motifs is 2. The molecule has 4 heterocycles. The molecular formula is C45H41ClF6IN9O5S. The van der Waals surface area contributed by atoms with E-state index in [0.29, 0.717) is 43.6 Å². The number of benzene rings is 2. The number of carbonyl (C=O) groups is 1. The molecule has 14 nitrogen and oxygen atoms in total. The summed E-state index contributed by atoms with van der Waals surface area (Å²) in [6.45, 7) is 7.42. The van der Waals surface area contributed by atoms with Crippen molar-refractivity contribution in [2.24, 2.45) is 13.0 Å². The van der Waals surface area contributed by atoms with Gasteiger partial charge in [-0.15, -0.1) is 5.10 Å². The Labute approximate surface area is 404 Å². The van der Waals surface area contributed by atoms with Crippen LogP contribution in [0.15, 0.2) is 40.8 Å². The number of halogens is 8. The van der Waals surface area contributed by atoms with E-state index in [-0.39, 0.29) is 56.5 Å². The van der Waals surface area contributed by atoms with Crippen LogP contribution >= 0.6 is 34.2 Å². The standard InChI is InChI=1S/C45H41ClF6IN9O5S/c1-20-21(2)45(51,52)38-33(20)36(39(49)50)59-62(38)19-32(63)54-31(16-22-14-23(47)17-24(48)15-22)35-27(18-29(53)30(55-35)12-13-43(3,4)68(65,66)25-8-9-25)26-10-11-28(46)34-37(26)61(7)60-40(34)56-42-58-57-41(67-42)44(5,6)64/h10-11,14-18,20-21,25,39,64H,8-9,19H2,1-7H3,(H,54,63)(H,56,58,60)/b31-16-/t20-,21+/m0/s1. The number of hydrogen-bond donors (Lipinski definition) is 3. The number of rotatable bonds is 12. The van der Waals surface area contributed by atoms with Crippen LogP contribution in [0.25, 0.3) is 33.8 Å². The van der Waals surface area contributed by atoms with Crippen LogP contribution in [-0.2, 0) is 39.7 Å². The Kier molecular flexibility index (Phi) is 12.6. The molecule has 1 amide bonds. The predicted molar refractivity (Wildman–Crippen MR) is 248 cm³/mol. The van der Waals surface area contributed by atoms with Crippen LogP contribution in [-0.4, -0.2) is 64.2 Å². The fraction of sp³-hybridized carbons (Fsp3) is 0.378. The van der Waals surface area contributed by atoms with Gasteiger partial charge in [0.25, 0.3) is 12.3 Å². The van der Waals surface area contributed by atoms with Gasteiger partial charge in [-0.25, -0.2) is 31.0 Å². The zero-order chi connectivity index (χ0) is 49.6. The monoisotopic (exact) mass is 1100 g/mol. The van der Waals surface area contributed by atoms with Crippen molar-refractivity contribution in [2.45, 2.75) is 94.8 Å². The third-order valence-electron chi connectivity index (χ3n) is 11.9. The molecule has 0 spiro atoms. The first-order chi connectivity index (χ1) is 31.7. The van der Waals surface area contributed by atoms with Crippen LogP contribution in [0, 0.1) is 33.0 Å². The number of nitrogens with zero attached hydrogens (tertiary/aromatic N) is 7. The summed E-state index contributed by atoms with van der Waals surface area (Å²) in [5.74, 6) is -3.39. The van der Waals surface area contributed by atoms with Crippen LogP contribution < -0.4 is 10.6 Å². The van der Waals surface area contributed by atoms with Gasteiger partial charge < -0.3 is 14.8 Å². The maximum Gasteiger partial charge on any atom is 0.321 e. The van der Waals surface area contributed by atoms with E-state index in [9.17, 15) is 35.9 Å². The van der Waals surface area contributed by atoms with Crippen molar-refractivity contribution in [1.29, 1.82) is 0 Å². The molecule has 358 valence electrons. The number of aryl methyl sites for hydroxylation is 1. The third-order valence-corrected chi connectivity index (χ3v) is 15.9. The minimum Gasteiger partial charge on any atom is -0.405 e. The Balaban J connectivity index is 1.33. The molecule has 0 bridgehead atoms. The van der Waals surface area contributed by atoms with Gasteiger partial charge in [-0.3, -0.25) is 19.5 Å². The number of hydrogen-bond acceptors (Lipinski definition) is 11. The number of amides is 1. The number of aromatic nitrogens is 7. The molecule has 4 aromatic heterocycles. The molecule has 0 saturated heterocycles. The predicted octanol–water partition coefficient (Wildman–Crippen LogP) is 9.53. The van der Waals surface area contributed by atoms with Crippen molar-refractivity contribution in [3.8, 4) is 23.0 Å². The van der Waals surface area contributed by atoms with Crippen LogP contribution in [0.2, 0.25) is 5.02 Å². The summed E-state index contributed by atoms with van der Waals surface area (Å²) in [5.41, 5.74) is -3.20. The first kappa shape index (κ1) is 48.9. The van der Waals surface area contributed by atoms with Gasteiger partial charge in [-0.05, 0) is 111 Å². The molecular weight excluding hydrogens is 1050 g/mol. The quantitative estimate of drug-likeness (QED) is 0.0603. The second-order valence-corrected chi connectivity index (χ2v) is 22.1. The van der Waals surface area contributed by atoms with Crippen molar-refractivity contribution < 1.29 is 49.1 Å². The van der Waals surface area contributed by atoms with E-state index >= 15 is 8.78 Å². The van der Waals surface area contributed by atoms with Crippen LogP contribution in [0.3, 0.4) is 0 Å². The molecule has 1 saturated carbocycles. The van der Waals surface area contributed by atoms with E-state index in [0.717, 1.165) is 18.2 Å². The first-order valence-corrected chi connectivity index (χ1v) is 23.9. The van der Waals surface area contributed by atoms with Gasteiger partial charge >= 0.3 is 6.01 Å². The molecule has 2 aromatic carbocycles. The van der Waals surface area contributed by atoms with Gasteiger partial charge in [0, 0.05) is 39.3 Å². The van der Waals surface area contributed by atoms with Crippen LogP contribution in [0.5, 0.6) is 0 Å². The van der Waals surface area contributed by atoms with Gasteiger partial charge in [0.1, 0.15) is 45.6 Å². The Bertz CT molecular complexity index is 3240. The Hall–Kier alpha value is -5.51. The molecule has 6 aromatic rings. The molecule has 23 heteroatoms. The van der Waals surface area contributed by atoms with Crippen LogP contribution in [0.4, 0.5) is 38.2 Å². The Morgan fingerprint density at radius 2 is 1.75 bits per heavy atom. The lowest BCUT2D eigenvalue weighted by atomic mass is 9.94. The van der Waals surface area contributed by atoms with E-state index in [1.54, 1.807) is 19.2 Å². The lowest BCUT2D eigenvalue weighted by molar-refractivity contribution is -0.121. The lowest BCUT2D eigenvalue weighted by Gasteiger charge is -2.21. The lowest BCUT2D eigenvalue weighted by Crippen LogP contribution is -2.33. The average molecular weight is 1100 g/mol. The fourth-order valence-electron chi connectivity index (χ4n) is 8.03. The molecule has 8 rings (SSSR count). The maximum atomic E-state index is 15.8. The average Bonchev–Trinajstić information content (AvgIpc) is 3.67. The summed E-state index contributed by atoms with van der Waals surface area (Å²) < 4.78 is 123. The third kappa shape index (κ3) is 8.97. The maximum absolute atomic E-state index is 15.8. The molecule has 0 unspecified atom stereocenters. The number of nitrogens with one attached hydrogen (secondary N) is 2. The van der Waals surface area contributed by atoms with Crippen molar-refractivity contribution in [2.75, 3.05) is 5.32 Å². The number of aliphatic hydroxyl groups is 1. The largest absolute Gasteiger partial charge is 0.405 e. The molecule has 0 aliphatic heterocycles. The summed E-state index contributed by atoms with van der Waals surface area (Å²) in [7, 11) is -2.12. The van der Waals surface area contributed by atoms with E-state index < -0.39 is 85.1 Å². The second kappa shape index (κ2) is 17.5. The zero-order valence-electron chi connectivity index (χ0n) is 37.1. The van der Waals surface area contributed by atoms with E-state index in [1.807, 2.05) is 22.6 Å². The number of sulfone groups is 1. The zero-order valence-corrected chi connectivity index (χ0v) is 40.8. The van der Waals surface area contributed by atoms with Crippen molar-refractivity contribution >= 4 is 84.4 Å². The molecule has 2 aliphatic rings. The highest BCUT2D eigenvalue weighted by Gasteiger charge is 2.55. The van der Waals surface area contributed by atoms with Gasteiger partial charge in [0.15, 0.2) is 15.7 Å². The second-order valence-electron chi connectivity index (χ2n) is 17.7. The van der Waals surface area contributed by atoms with Crippen molar-refractivity contribution in [1.82, 2.24) is 40.1 Å². The molecule has 2 aliphatic carbocycles. The van der Waals surface area contributed by atoms with Gasteiger partial charge in [0.2, 0.25) is 11.8 Å². The Morgan fingerprint density at radius 3 is 2.37 bits per heavy atom. The molecule has 3 N–H and O–H groups in total. The van der Waals surface area contributed by atoms with E-state index in [2.05, 4.69) is 42.9 Å². The summed E-state index contributed by atoms with van der Waals surface area (Å²) >= 11 is 8.78. The fourth-order valence-corrected chi connectivity index (χ4v) is 10.6. The smallest absolute Gasteiger partial charge is 0.321 e. The topological polar surface area (TPSA) is 183 Å². The van der Waals surface area contributed by atoms with Gasteiger partial charge in [-0.2, -0.15) is 19.0 Å². The van der Waals surface area contributed by atoms with Gasteiger partial charge in [-0.1, -0.05) is 42.5 Å².